The van der Waals surface area contributed by atoms with Gasteiger partial charge in [0.15, 0.2) is 5.78 Å². The third kappa shape index (κ3) is 2.04. The van der Waals surface area contributed by atoms with Gasteiger partial charge in [-0.05, 0) is 60.0 Å². The van der Waals surface area contributed by atoms with Crippen molar-refractivity contribution >= 4 is 21.7 Å². The minimum atomic E-state index is -0.276. The van der Waals surface area contributed by atoms with E-state index in [4.69, 9.17) is 0 Å². The van der Waals surface area contributed by atoms with E-state index in [9.17, 15) is 9.18 Å². The largest absolute Gasteiger partial charge is 0.316 e. The van der Waals surface area contributed by atoms with E-state index < -0.39 is 0 Å². The molecule has 3 rings (SSSR count). The maximum atomic E-state index is 13.5. The molecule has 98 valence electrons. The number of benzene rings is 1. The fraction of sp³-hybridized carbons (Fsp3) is 0.267. The van der Waals surface area contributed by atoms with E-state index in [-0.39, 0.29) is 11.6 Å². The van der Waals surface area contributed by atoms with Crippen molar-refractivity contribution in [2.45, 2.75) is 26.2 Å². The third-order valence-electron chi connectivity index (χ3n) is 3.55. The van der Waals surface area contributed by atoms with Gasteiger partial charge in [-0.2, -0.15) is 0 Å². The normalized spacial score (nSPS) is 14.6. The Morgan fingerprint density at radius 1 is 1.26 bits per heavy atom. The second kappa shape index (κ2) is 4.60. The molecule has 2 aromatic rings. The average molecular weight is 322 g/mol. The van der Waals surface area contributed by atoms with Crippen LogP contribution in [0.1, 0.15) is 34.6 Å². The lowest BCUT2D eigenvalue weighted by molar-refractivity contribution is 0.0972. The Labute approximate surface area is 119 Å². The number of hydrogen-bond acceptors (Lipinski definition) is 1. The first-order valence-corrected chi connectivity index (χ1v) is 7.07. The van der Waals surface area contributed by atoms with Crippen molar-refractivity contribution in [1.29, 1.82) is 0 Å². The summed E-state index contributed by atoms with van der Waals surface area (Å²) in [5, 5.41) is 0. The van der Waals surface area contributed by atoms with E-state index in [1.165, 1.54) is 12.1 Å². The molecule has 0 unspecified atom stereocenters. The molecule has 0 N–H and O–H groups in total. The molecule has 0 spiro atoms. The topological polar surface area (TPSA) is 22.0 Å². The van der Waals surface area contributed by atoms with Gasteiger partial charge in [-0.3, -0.25) is 4.79 Å². The summed E-state index contributed by atoms with van der Waals surface area (Å²) in [5.41, 5.74) is 3.51. The number of ketones is 1. The van der Waals surface area contributed by atoms with Crippen LogP contribution in [0, 0.1) is 12.7 Å². The molecule has 0 bridgehead atoms. The van der Waals surface area contributed by atoms with Crippen molar-refractivity contribution < 1.29 is 9.18 Å². The molecular formula is C15H13BrFNO. The second-order valence-electron chi connectivity index (χ2n) is 4.85. The monoisotopic (exact) mass is 321 g/mol. The van der Waals surface area contributed by atoms with Gasteiger partial charge in [0, 0.05) is 27.8 Å². The quantitative estimate of drug-likeness (QED) is 0.771. The summed E-state index contributed by atoms with van der Waals surface area (Å²) in [6, 6.07) is 6.52. The number of Topliss-reactive ketones (excluding diaryl/α,β-unsaturated/α-hetero) is 1. The Balaban J connectivity index is 2.26. The zero-order valence-corrected chi connectivity index (χ0v) is 12.1. The Morgan fingerprint density at radius 3 is 2.84 bits per heavy atom. The highest BCUT2D eigenvalue weighted by Crippen LogP contribution is 2.31. The van der Waals surface area contributed by atoms with Crippen molar-refractivity contribution in [1.82, 2.24) is 4.57 Å². The molecular weight excluding hydrogens is 309 g/mol. The number of carbonyl (C=O) groups excluding carboxylic acids is 1. The van der Waals surface area contributed by atoms with Crippen molar-refractivity contribution in [2.24, 2.45) is 0 Å². The number of nitrogens with zero attached hydrogens (tertiary/aromatic N) is 1. The number of fused-ring (bicyclic) bond motifs is 1. The summed E-state index contributed by atoms with van der Waals surface area (Å²) in [5.74, 6) is -0.0854. The van der Waals surface area contributed by atoms with E-state index in [1.807, 2.05) is 17.6 Å². The molecule has 0 radical (unpaired) electrons. The summed E-state index contributed by atoms with van der Waals surface area (Å²) in [6.07, 6.45) is 2.33. The van der Waals surface area contributed by atoms with Gasteiger partial charge in [-0.15, -0.1) is 0 Å². The third-order valence-corrected chi connectivity index (χ3v) is 4.22. The Kier molecular flexibility index (Phi) is 3.05. The lowest BCUT2D eigenvalue weighted by Gasteiger charge is -2.17. The highest BCUT2D eigenvalue weighted by molar-refractivity contribution is 9.10. The minimum Gasteiger partial charge on any atom is -0.316 e. The number of aryl methyl sites for hydroxylation is 1. The zero-order chi connectivity index (χ0) is 13.6. The molecule has 2 nitrogen and oxygen atoms in total. The molecule has 1 aromatic carbocycles. The molecule has 0 aliphatic heterocycles. The van der Waals surface area contributed by atoms with Crippen molar-refractivity contribution in [3.05, 3.63) is 51.5 Å². The number of rotatable bonds is 1. The summed E-state index contributed by atoms with van der Waals surface area (Å²) >= 11 is 3.46. The fourth-order valence-corrected chi connectivity index (χ4v) is 3.15. The standard InChI is InChI=1S/C15H13BrFNO/c1-9-7-11-13(3-2-4-15(11)19)18(9)14-8-10(17)5-6-12(14)16/h5-8H,2-4H2,1H3. The number of carbonyl (C=O) groups is 1. The van der Waals surface area contributed by atoms with Crippen molar-refractivity contribution in [3.63, 3.8) is 0 Å². The summed E-state index contributed by atoms with van der Waals surface area (Å²) in [4.78, 5) is 11.9. The number of aromatic nitrogens is 1. The highest BCUT2D eigenvalue weighted by Gasteiger charge is 2.24. The maximum absolute atomic E-state index is 13.5. The molecule has 1 aromatic heterocycles. The Morgan fingerprint density at radius 2 is 2.05 bits per heavy atom. The summed E-state index contributed by atoms with van der Waals surface area (Å²) < 4.78 is 16.3. The number of halogens is 2. The molecule has 4 heteroatoms. The Bertz CT molecular complexity index is 675. The van der Waals surface area contributed by atoms with Gasteiger partial charge in [-0.25, -0.2) is 4.39 Å². The van der Waals surface area contributed by atoms with Crippen molar-refractivity contribution in [3.8, 4) is 5.69 Å². The molecule has 19 heavy (non-hydrogen) atoms. The fourth-order valence-electron chi connectivity index (χ4n) is 2.72. The predicted molar refractivity (Wildman–Crippen MR) is 75.4 cm³/mol. The molecule has 0 saturated carbocycles. The zero-order valence-electron chi connectivity index (χ0n) is 10.5. The molecule has 1 aliphatic carbocycles. The number of hydrogen-bond donors (Lipinski definition) is 0. The first-order valence-electron chi connectivity index (χ1n) is 6.28. The molecule has 1 aliphatic rings. The van der Waals surface area contributed by atoms with Gasteiger partial charge in [-0.1, -0.05) is 0 Å². The summed E-state index contributed by atoms with van der Waals surface area (Å²) in [6.45, 7) is 1.95. The van der Waals surface area contributed by atoms with Crippen molar-refractivity contribution in [2.75, 3.05) is 0 Å². The predicted octanol–water partition coefficient (Wildman–Crippen LogP) is 4.21. The van der Waals surface area contributed by atoms with E-state index in [2.05, 4.69) is 15.9 Å². The highest BCUT2D eigenvalue weighted by atomic mass is 79.9. The lowest BCUT2D eigenvalue weighted by atomic mass is 9.96. The van der Waals surface area contributed by atoms with Crippen LogP contribution in [0.15, 0.2) is 28.7 Å². The van der Waals surface area contributed by atoms with E-state index in [0.29, 0.717) is 6.42 Å². The first kappa shape index (κ1) is 12.6. The van der Waals surface area contributed by atoms with Crippen LogP contribution in [-0.4, -0.2) is 10.4 Å². The molecule has 0 fully saturated rings. The van der Waals surface area contributed by atoms with Gasteiger partial charge in [0.1, 0.15) is 5.82 Å². The van der Waals surface area contributed by atoms with Crippen LogP contribution in [0.5, 0.6) is 0 Å². The first-order chi connectivity index (χ1) is 9.08. The van der Waals surface area contributed by atoms with E-state index >= 15 is 0 Å². The van der Waals surface area contributed by atoms with Gasteiger partial charge in [0.05, 0.1) is 5.69 Å². The average Bonchev–Trinajstić information content (AvgIpc) is 2.70. The SMILES string of the molecule is Cc1cc2c(n1-c1cc(F)ccc1Br)CCCC2=O. The Hall–Kier alpha value is -1.42. The minimum absolute atomic E-state index is 0.190. The van der Waals surface area contributed by atoms with Crippen LogP contribution >= 0.6 is 15.9 Å². The van der Waals surface area contributed by atoms with Crippen LogP contribution in [0.2, 0.25) is 0 Å². The van der Waals surface area contributed by atoms with E-state index in [1.54, 1.807) is 6.07 Å². The van der Waals surface area contributed by atoms with Gasteiger partial charge in [0.25, 0.3) is 0 Å². The summed E-state index contributed by atoms with van der Waals surface area (Å²) in [7, 11) is 0. The molecule has 0 amide bonds. The van der Waals surface area contributed by atoms with Gasteiger partial charge in [0.2, 0.25) is 0 Å². The second-order valence-corrected chi connectivity index (χ2v) is 5.71. The maximum Gasteiger partial charge on any atom is 0.164 e. The van der Waals surface area contributed by atoms with Crippen LogP contribution in [-0.2, 0) is 6.42 Å². The van der Waals surface area contributed by atoms with Crippen LogP contribution in [0.4, 0.5) is 4.39 Å². The molecule has 1 heterocycles. The van der Waals surface area contributed by atoms with E-state index in [0.717, 1.165) is 40.0 Å². The van der Waals surface area contributed by atoms with Crippen LogP contribution < -0.4 is 0 Å². The van der Waals surface area contributed by atoms with Crippen LogP contribution in [0.25, 0.3) is 5.69 Å². The molecule has 0 saturated heterocycles. The smallest absolute Gasteiger partial charge is 0.164 e. The van der Waals surface area contributed by atoms with Gasteiger partial charge >= 0.3 is 0 Å². The lowest BCUT2D eigenvalue weighted by Crippen LogP contribution is -2.13. The van der Waals surface area contributed by atoms with Crippen LogP contribution in [0.3, 0.4) is 0 Å². The van der Waals surface area contributed by atoms with Gasteiger partial charge < -0.3 is 4.57 Å². The molecule has 0 atom stereocenters.